The normalized spacial score (nSPS) is 19.4. The number of amides is 2. The maximum Gasteiger partial charge on any atom is 0.323 e. The SMILES string of the molecule is COCCN(CC(=O)O)C(=O)N1CCCC1C. The standard InChI is InChI=1S/C11H20N2O4/c1-9-4-3-5-13(9)11(16)12(6-7-17-2)8-10(14)15/h9H,3-8H2,1-2H3,(H,14,15). The summed E-state index contributed by atoms with van der Waals surface area (Å²) in [5.41, 5.74) is 0. The largest absolute Gasteiger partial charge is 0.480 e. The number of carbonyl (C=O) groups excluding carboxylic acids is 1. The number of carboxylic acids is 1. The second-order valence-corrected chi connectivity index (χ2v) is 4.28. The van der Waals surface area contributed by atoms with Crippen LogP contribution in [0.15, 0.2) is 0 Å². The van der Waals surface area contributed by atoms with Crippen molar-refractivity contribution in [2.75, 3.05) is 33.4 Å². The maximum absolute atomic E-state index is 12.1. The fourth-order valence-corrected chi connectivity index (χ4v) is 2.01. The molecule has 1 N–H and O–H groups in total. The van der Waals surface area contributed by atoms with E-state index in [4.69, 9.17) is 9.84 Å². The van der Waals surface area contributed by atoms with Crippen molar-refractivity contribution in [2.24, 2.45) is 0 Å². The van der Waals surface area contributed by atoms with Crippen molar-refractivity contribution in [1.82, 2.24) is 9.80 Å². The van der Waals surface area contributed by atoms with Crippen molar-refractivity contribution in [3.63, 3.8) is 0 Å². The number of urea groups is 1. The zero-order chi connectivity index (χ0) is 12.8. The third-order valence-electron chi connectivity index (χ3n) is 2.96. The minimum atomic E-state index is -0.999. The Morgan fingerprint density at radius 1 is 1.53 bits per heavy atom. The molecule has 1 saturated heterocycles. The van der Waals surface area contributed by atoms with Gasteiger partial charge in [0.15, 0.2) is 0 Å². The first kappa shape index (κ1) is 13.8. The number of rotatable bonds is 5. The van der Waals surface area contributed by atoms with E-state index < -0.39 is 5.97 Å². The van der Waals surface area contributed by atoms with E-state index in [1.165, 1.54) is 12.0 Å². The van der Waals surface area contributed by atoms with Gasteiger partial charge in [-0.3, -0.25) is 4.79 Å². The monoisotopic (exact) mass is 244 g/mol. The van der Waals surface area contributed by atoms with Gasteiger partial charge in [0.2, 0.25) is 0 Å². The lowest BCUT2D eigenvalue weighted by atomic mass is 10.2. The molecule has 1 atom stereocenters. The van der Waals surface area contributed by atoms with Crippen LogP contribution < -0.4 is 0 Å². The lowest BCUT2D eigenvalue weighted by molar-refractivity contribution is -0.137. The van der Waals surface area contributed by atoms with Crippen LogP contribution in [-0.4, -0.2) is 66.3 Å². The van der Waals surface area contributed by atoms with Gasteiger partial charge in [-0.2, -0.15) is 0 Å². The van der Waals surface area contributed by atoms with Gasteiger partial charge >= 0.3 is 12.0 Å². The van der Waals surface area contributed by atoms with Gasteiger partial charge in [0.05, 0.1) is 6.61 Å². The smallest absolute Gasteiger partial charge is 0.323 e. The molecule has 17 heavy (non-hydrogen) atoms. The molecule has 0 radical (unpaired) electrons. The van der Waals surface area contributed by atoms with Crippen LogP contribution in [0.3, 0.4) is 0 Å². The lowest BCUT2D eigenvalue weighted by Gasteiger charge is -2.29. The molecule has 98 valence electrons. The number of nitrogens with zero attached hydrogens (tertiary/aromatic N) is 2. The molecule has 0 aromatic rings. The van der Waals surface area contributed by atoms with Crippen molar-refractivity contribution in [1.29, 1.82) is 0 Å². The lowest BCUT2D eigenvalue weighted by Crippen LogP contribution is -2.47. The fraction of sp³-hybridized carbons (Fsp3) is 0.818. The van der Waals surface area contributed by atoms with Crippen molar-refractivity contribution >= 4 is 12.0 Å². The molecule has 1 fully saturated rings. The summed E-state index contributed by atoms with van der Waals surface area (Å²) in [7, 11) is 1.53. The predicted octanol–water partition coefficient (Wildman–Crippen LogP) is 0.624. The van der Waals surface area contributed by atoms with Crippen molar-refractivity contribution in [3.8, 4) is 0 Å². The van der Waals surface area contributed by atoms with Gasteiger partial charge < -0.3 is 19.6 Å². The third-order valence-corrected chi connectivity index (χ3v) is 2.96. The van der Waals surface area contributed by atoms with Crippen molar-refractivity contribution in [3.05, 3.63) is 0 Å². The van der Waals surface area contributed by atoms with Crippen LogP contribution in [0.4, 0.5) is 4.79 Å². The Morgan fingerprint density at radius 2 is 2.24 bits per heavy atom. The first-order valence-corrected chi connectivity index (χ1v) is 5.82. The molecular weight excluding hydrogens is 224 g/mol. The van der Waals surface area contributed by atoms with E-state index >= 15 is 0 Å². The van der Waals surface area contributed by atoms with Crippen LogP contribution in [0.2, 0.25) is 0 Å². The third kappa shape index (κ3) is 3.89. The predicted molar refractivity (Wildman–Crippen MR) is 61.9 cm³/mol. The summed E-state index contributed by atoms with van der Waals surface area (Å²) in [6, 6.07) is -0.00390. The number of likely N-dealkylation sites (tertiary alicyclic amines) is 1. The number of hydrogen-bond donors (Lipinski definition) is 1. The quantitative estimate of drug-likeness (QED) is 0.769. The Kier molecular flexibility index (Phi) is 5.21. The topological polar surface area (TPSA) is 70.1 Å². The molecule has 1 rings (SSSR count). The molecule has 0 aromatic carbocycles. The molecule has 1 heterocycles. The molecule has 0 spiro atoms. The van der Waals surface area contributed by atoms with Gasteiger partial charge in [-0.25, -0.2) is 4.79 Å². The molecule has 1 unspecified atom stereocenters. The second-order valence-electron chi connectivity index (χ2n) is 4.28. The number of aliphatic carboxylic acids is 1. The number of carboxylic acid groups (broad SMARTS) is 1. The molecule has 1 aliphatic rings. The van der Waals surface area contributed by atoms with E-state index in [0.717, 1.165) is 12.8 Å². The maximum atomic E-state index is 12.1. The van der Waals surface area contributed by atoms with Crippen LogP contribution in [0, 0.1) is 0 Å². The van der Waals surface area contributed by atoms with E-state index in [1.807, 2.05) is 6.92 Å². The number of carbonyl (C=O) groups is 2. The zero-order valence-electron chi connectivity index (χ0n) is 10.4. The molecule has 6 heteroatoms. The highest BCUT2D eigenvalue weighted by molar-refractivity contribution is 5.80. The second kappa shape index (κ2) is 6.44. The molecule has 6 nitrogen and oxygen atoms in total. The van der Waals surface area contributed by atoms with Gasteiger partial charge in [0.25, 0.3) is 0 Å². The summed E-state index contributed by atoms with van der Waals surface area (Å²) < 4.78 is 4.89. The van der Waals surface area contributed by atoms with Gasteiger partial charge in [-0.15, -0.1) is 0 Å². The molecule has 0 aliphatic carbocycles. The Bertz CT molecular complexity index is 283. The number of hydrogen-bond acceptors (Lipinski definition) is 3. The van der Waals surface area contributed by atoms with Crippen LogP contribution in [0.1, 0.15) is 19.8 Å². The molecule has 1 aliphatic heterocycles. The minimum absolute atomic E-state index is 0.196. The highest BCUT2D eigenvalue weighted by Crippen LogP contribution is 2.18. The van der Waals surface area contributed by atoms with Crippen LogP contribution in [0.5, 0.6) is 0 Å². The highest BCUT2D eigenvalue weighted by atomic mass is 16.5. The van der Waals surface area contributed by atoms with Gasteiger partial charge in [-0.1, -0.05) is 0 Å². The minimum Gasteiger partial charge on any atom is -0.480 e. The molecule has 0 aromatic heterocycles. The van der Waals surface area contributed by atoms with E-state index in [2.05, 4.69) is 0 Å². The van der Waals surface area contributed by atoms with E-state index in [9.17, 15) is 9.59 Å². The molecule has 2 amide bonds. The first-order chi connectivity index (χ1) is 8.06. The average Bonchev–Trinajstić information content (AvgIpc) is 2.69. The van der Waals surface area contributed by atoms with Crippen LogP contribution in [-0.2, 0) is 9.53 Å². The molecule has 0 bridgehead atoms. The summed E-state index contributed by atoms with van der Waals surface area (Å²) in [5.74, 6) is -0.999. The molecule has 0 saturated carbocycles. The van der Waals surface area contributed by atoms with Crippen molar-refractivity contribution < 1.29 is 19.4 Å². The van der Waals surface area contributed by atoms with Gasteiger partial charge in [0.1, 0.15) is 6.54 Å². The van der Waals surface area contributed by atoms with E-state index in [0.29, 0.717) is 19.7 Å². The fourth-order valence-electron chi connectivity index (χ4n) is 2.01. The Labute approximate surface area is 101 Å². The van der Waals surface area contributed by atoms with Crippen LogP contribution in [0.25, 0.3) is 0 Å². The highest BCUT2D eigenvalue weighted by Gasteiger charge is 2.29. The Hall–Kier alpha value is -1.30. The average molecular weight is 244 g/mol. The van der Waals surface area contributed by atoms with Crippen molar-refractivity contribution in [2.45, 2.75) is 25.8 Å². The zero-order valence-corrected chi connectivity index (χ0v) is 10.4. The van der Waals surface area contributed by atoms with E-state index in [-0.39, 0.29) is 18.6 Å². The van der Waals surface area contributed by atoms with Gasteiger partial charge in [0, 0.05) is 26.2 Å². The summed E-state index contributed by atoms with van der Waals surface area (Å²) in [6.45, 7) is 3.08. The van der Waals surface area contributed by atoms with Crippen LogP contribution >= 0.6 is 0 Å². The first-order valence-electron chi connectivity index (χ1n) is 5.82. The Balaban J connectivity index is 2.60. The summed E-state index contributed by atoms with van der Waals surface area (Å²) in [4.78, 5) is 25.9. The molecular formula is C11H20N2O4. The van der Waals surface area contributed by atoms with Gasteiger partial charge in [-0.05, 0) is 19.8 Å². The number of ether oxygens (including phenoxy) is 1. The summed E-state index contributed by atoms with van der Waals surface area (Å²) in [6.07, 6.45) is 1.97. The van der Waals surface area contributed by atoms with E-state index in [1.54, 1.807) is 4.90 Å². The summed E-state index contributed by atoms with van der Waals surface area (Å²) >= 11 is 0. The Morgan fingerprint density at radius 3 is 2.71 bits per heavy atom. The summed E-state index contributed by atoms with van der Waals surface area (Å²) in [5, 5.41) is 8.79. The number of methoxy groups -OCH3 is 1.